The Bertz CT molecular complexity index is 774. The summed E-state index contributed by atoms with van der Waals surface area (Å²) in [5.41, 5.74) is 2.94. The van der Waals surface area contributed by atoms with Gasteiger partial charge in [0.15, 0.2) is 5.89 Å². The van der Waals surface area contributed by atoms with Crippen molar-refractivity contribution >= 4 is 17.8 Å². The van der Waals surface area contributed by atoms with Crippen LogP contribution >= 0.6 is 0 Å². The third-order valence-electron chi connectivity index (χ3n) is 2.86. The Labute approximate surface area is 132 Å². The van der Waals surface area contributed by atoms with E-state index < -0.39 is 4.92 Å². The summed E-state index contributed by atoms with van der Waals surface area (Å²) >= 11 is 0. The summed E-state index contributed by atoms with van der Waals surface area (Å²) in [5.74, 6) is 0.904. The smallest absolute Gasteiger partial charge is 0.278 e. The molecule has 0 amide bonds. The van der Waals surface area contributed by atoms with E-state index in [4.69, 9.17) is 9.68 Å². The first-order valence-electron chi connectivity index (χ1n) is 6.93. The highest BCUT2D eigenvalue weighted by Gasteiger charge is 2.14. The van der Waals surface area contributed by atoms with Gasteiger partial charge in [-0.3, -0.25) is 10.1 Å². The molecule has 0 aliphatic carbocycles. The van der Waals surface area contributed by atoms with Crippen LogP contribution in [0.15, 0.2) is 33.8 Å². The zero-order valence-corrected chi connectivity index (χ0v) is 12.7. The minimum atomic E-state index is -0.489. The first kappa shape index (κ1) is 16.2. The molecule has 0 radical (unpaired) electrons. The lowest BCUT2D eigenvalue weighted by molar-refractivity contribution is -0.385. The quantitative estimate of drug-likeness (QED) is 0.497. The number of para-hydroxylation sites is 1. The molecule has 0 spiro atoms. The van der Waals surface area contributed by atoms with Crippen molar-refractivity contribution in [1.29, 1.82) is 5.26 Å². The van der Waals surface area contributed by atoms with Gasteiger partial charge in [-0.2, -0.15) is 10.4 Å². The zero-order valence-electron chi connectivity index (χ0n) is 12.7. The average molecular weight is 313 g/mol. The Balaban J connectivity index is 2.16. The van der Waals surface area contributed by atoms with Crippen molar-refractivity contribution in [2.75, 3.05) is 5.43 Å². The molecular weight excluding hydrogens is 298 g/mol. The van der Waals surface area contributed by atoms with Gasteiger partial charge in [0.25, 0.3) is 11.6 Å². The van der Waals surface area contributed by atoms with Crippen LogP contribution < -0.4 is 5.43 Å². The van der Waals surface area contributed by atoms with Gasteiger partial charge in [-0.15, -0.1) is 0 Å². The molecule has 2 rings (SSSR count). The third-order valence-corrected chi connectivity index (χ3v) is 2.86. The molecule has 0 saturated heterocycles. The lowest BCUT2D eigenvalue weighted by Gasteiger charge is -1.98. The lowest BCUT2D eigenvalue weighted by atomic mass is 10.1. The van der Waals surface area contributed by atoms with E-state index in [0.29, 0.717) is 23.8 Å². The van der Waals surface area contributed by atoms with E-state index in [9.17, 15) is 10.1 Å². The van der Waals surface area contributed by atoms with Gasteiger partial charge >= 0.3 is 0 Å². The number of nitro groups is 1. The van der Waals surface area contributed by atoms with Crippen molar-refractivity contribution in [1.82, 2.24) is 4.98 Å². The van der Waals surface area contributed by atoms with Gasteiger partial charge in [-0.05, 0) is 12.0 Å². The lowest BCUT2D eigenvalue weighted by Crippen LogP contribution is -1.96. The van der Waals surface area contributed by atoms with Gasteiger partial charge < -0.3 is 4.42 Å². The fourth-order valence-corrected chi connectivity index (χ4v) is 1.88. The van der Waals surface area contributed by atoms with Crippen molar-refractivity contribution in [3.05, 3.63) is 51.5 Å². The number of aromatic nitrogens is 1. The number of oxazole rings is 1. The molecule has 0 aliphatic heterocycles. The Hall–Kier alpha value is -3.21. The number of anilines is 1. The van der Waals surface area contributed by atoms with Crippen LogP contribution in [-0.2, 0) is 6.42 Å². The highest BCUT2D eigenvalue weighted by Crippen LogP contribution is 2.19. The van der Waals surface area contributed by atoms with E-state index in [1.54, 1.807) is 18.2 Å². The molecule has 2 aromatic rings. The number of hydrazone groups is 1. The molecule has 118 valence electrons. The fourth-order valence-electron chi connectivity index (χ4n) is 1.88. The van der Waals surface area contributed by atoms with Gasteiger partial charge in [0.05, 0.1) is 16.7 Å². The second-order valence-electron chi connectivity index (χ2n) is 5.18. The predicted octanol–water partition coefficient (Wildman–Crippen LogP) is 3.10. The van der Waals surface area contributed by atoms with E-state index in [2.05, 4.69) is 15.5 Å². The summed E-state index contributed by atoms with van der Waals surface area (Å²) in [6, 6.07) is 8.12. The number of nitrogens with one attached hydrogen (secondary N) is 1. The van der Waals surface area contributed by atoms with E-state index in [0.717, 1.165) is 0 Å². The molecule has 0 saturated carbocycles. The van der Waals surface area contributed by atoms with E-state index in [-0.39, 0.29) is 17.3 Å². The SMILES string of the molecule is CC(C)Cc1nc(C#N)c(N/N=C\c2ccccc2[N+](=O)[O-])o1. The van der Waals surface area contributed by atoms with E-state index in [1.165, 1.54) is 12.3 Å². The van der Waals surface area contributed by atoms with E-state index >= 15 is 0 Å². The molecule has 0 bridgehead atoms. The van der Waals surface area contributed by atoms with Crippen LogP contribution in [0.2, 0.25) is 0 Å². The number of nitriles is 1. The Morgan fingerprint density at radius 2 is 2.26 bits per heavy atom. The molecule has 0 unspecified atom stereocenters. The summed E-state index contributed by atoms with van der Waals surface area (Å²) in [5, 5.41) is 23.9. The van der Waals surface area contributed by atoms with Crippen LogP contribution in [0.25, 0.3) is 0 Å². The first-order valence-corrected chi connectivity index (χ1v) is 6.93. The maximum Gasteiger partial charge on any atom is 0.278 e. The molecule has 0 atom stereocenters. The maximum absolute atomic E-state index is 10.9. The highest BCUT2D eigenvalue weighted by atomic mass is 16.6. The standard InChI is InChI=1S/C15H15N5O3/c1-10(2)7-14-18-12(8-16)15(23-14)19-17-9-11-5-3-4-6-13(11)20(21)22/h3-6,9-10,19H,7H2,1-2H3/b17-9-. The maximum atomic E-state index is 10.9. The number of hydrogen-bond acceptors (Lipinski definition) is 7. The fraction of sp³-hybridized carbons (Fsp3) is 0.267. The van der Waals surface area contributed by atoms with Gasteiger partial charge in [-0.25, -0.2) is 10.4 Å². The molecular formula is C15H15N5O3. The molecule has 23 heavy (non-hydrogen) atoms. The molecule has 8 nitrogen and oxygen atoms in total. The summed E-state index contributed by atoms with van der Waals surface area (Å²) in [7, 11) is 0. The van der Waals surface area contributed by atoms with Crippen molar-refractivity contribution in [2.24, 2.45) is 11.0 Å². The van der Waals surface area contributed by atoms with Crippen molar-refractivity contribution in [3.8, 4) is 6.07 Å². The van der Waals surface area contributed by atoms with E-state index in [1.807, 2.05) is 19.9 Å². The molecule has 0 fully saturated rings. The van der Waals surface area contributed by atoms with Crippen LogP contribution in [0.5, 0.6) is 0 Å². The van der Waals surface area contributed by atoms with Crippen LogP contribution in [0.1, 0.15) is 31.0 Å². The van der Waals surface area contributed by atoms with Crippen molar-refractivity contribution in [2.45, 2.75) is 20.3 Å². The predicted molar refractivity (Wildman–Crippen MR) is 84.1 cm³/mol. The summed E-state index contributed by atoms with van der Waals surface area (Å²) < 4.78 is 5.44. The topological polar surface area (TPSA) is 117 Å². The number of hydrogen-bond donors (Lipinski definition) is 1. The molecule has 1 N–H and O–H groups in total. The second kappa shape index (κ2) is 7.17. The van der Waals surface area contributed by atoms with Crippen LogP contribution in [0.4, 0.5) is 11.6 Å². The van der Waals surface area contributed by atoms with Crippen molar-refractivity contribution < 1.29 is 9.34 Å². The first-order chi connectivity index (χ1) is 11.0. The van der Waals surface area contributed by atoms with Gasteiger partial charge in [0.1, 0.15) is 6.07 Å². The average Bonchev–Trinajstić information content (AvgIpc) is 2.88. The molecule has 8 heteroatoms. The number of benzene rings is 1. The highest BCUT2D eigenvalue weighted by molar-refractivity contribution is 5.85. The monoisotopic (exact) mass is 313 g/mol. The number of nitro benzene ring substituents is 1. The second-order valence-corrected chi connectivity index (χ2v) is 5.18. The molecule has 0 aliphatic rings. The largest absolute Gasteiger partial charge is 0.422 e. The summed E-state index contributed by atoms with van der Waals surface area (Å²) in [6.07, 6.45) is 1.90. The third kappa shape index (κ3) is 4.14. The molecule has 1 aromatic carbocycles. The molecule has 1 aromatic heterocycles. The van der Waals surface area contributed by atoms with Crippen LogP contribution in [0, 0.1) is 27.4 Å². The van der Waals surface area contributed by atoms with Gasteiger partial charge in [-0.1, -0.05) is 26.0 Å². The van der Waals surface area contributed by atoms with Crippen molar-refractivity contribution in [3.63, 3.8) is 0 Å². The zero-order chi connectivity index (χ0) is 16.8. The minimum Gasteiger partial charge on any atom is -0.422 e. The Morgan fingerprint density at radius 3 is 2.91 bits per heavy atom. The summed E-state index contributed by atoms with van der Waals surface area (Å²) in [6.45, 7) is 4.02. The van der Waals surface area contributed by atoms with Crippen LogP contribution in [0.3, 0.4) is 0 Å². The molecule has 1 heterocycles. The van der Waals surface area contributed by atoms with Gasteiger partial charge in [0, 0.05) is 12.5 Å². The summed E-state index contributed by atoms with van der Waals surface area (Å²) in [4.78, 5) is 14.5. The normalized spacial score (nSPS) is 10.9. The Kier molecular flexibility index (Phi) is 5.04. The Morgan fingerprint density at radius 1 is 1.52 bits per heavy atom. The number of nitrogens with zero attached hydrogens (tertiary/aromatic N) is 4. The van der Waals surface area contributed by atoms with Crippen LogP contribution in [-0.4, -0.2) is 16.1 Å². The van der Waals surface area contributed by atoms with Gasteiger partial charge in [0.2, 0.25) is 5.69 Å². The minimum absolute atomic E-state index is 0.0587. The number of rotatable bonds is 6.